The number of hydrazine groups is 1. The molecule has 0 aromatic heterocycles. The third-order valence-corrected chi connectivity index (χ3v) is 3.65. The number of rotatable bonds is 4. The lowest BCUT2D eigenvalue weighted by molar-refractivity contribution is 0.414. The fourth-order valence-corrected chi connectivity index (χ4v) is 2.60. The van der Waals surface area contributed by atoms with E-state index in [1.54, 1.807) is 7.11 Å². The average Bonchev–Trinajstić information content (AvgIpc) is 2.42. The maximum Gasteiger partial charge on any atom is 0.118 e. The van der Waals surface area contributed by atoms with Crippen LogP contribution in [-0.4, -0.2) is 7.11 Å². The average molecular weight is 321 g/mol. The maximum absolute atomic E-state index is 5.72. The summed E-state index contributed by atoms with van der Waals surface area (Å²) in [4.78, 5) is 0. The van der Waals surface area contributed by atoms with E-state index in [9.17, 15) is 0 Å². The van der Waals surface area contributed by atoms with Crippen molar-refractivity contribution in [1.29, 1.82) is 0 Å². The van der Waals surface area contributed by atoms with Crippen LogP contribution in [0, 0.1) is 6.92 Å². The lowest BCUT2D eigenvalue weighted by Gasteiger charge is -2.19. The highest BCUT2D eigenvalue weighted by Gasteiger charge is 2.14. The van der Waals surface area contributed by atoms with E-state index in [0.29, 0.717) is 0 Å². The molecule has 3 nitrogen and oxygen atoms in total. The molecule has 2 rings (SSSR count). The number of aryl methyl sites for hydroxylation is 1. The first-order valence-electron chi connectivity index (χ1n) is 6.02. The molecule has 1 atom stereocenters. The zero-order valence-electron chi connectivity index (χ0n) is 11.0. The number of methoxy groups -OCH3 is 1. The monoisotopic (exact) mass is 320 g/mol. The van der Waals surface area contributed by atoms with Gasteiger partial charge in [0.25, 0.3) is 0 Å². The van der Waals surface area contributed by atoms with Crippen LogP contribution in [0.15, 0.2) is 46.9 Å². The van der Waals surface area contributed by atoms with Gasteiger partial charge in [-0.2, -0.15) is 0 Å². The Labute approximate surface area is 121 Å². The first kappa shape index (κ1) is 14.1. The SMILES string of the molecule is COc1ccc(C(NN)c2ccc(Br)cc2C)cc1. The van der Waals surface area contributed by atoms with Gasteiger partial charge in [-0.15, -0.1) is 0 Å². The Balaban J connectivity index is 2.37. The lowest BCUT2D eigenvalue weighted by atomic mass is 9.95. The van der Waals surface area contributed by atoms with Crippen molar-refractivity contribution in [3.63, 3.8) is 0 Å². The fourth-order valence-electron chi connectivity index (χ4n) is 2.12. The maximum atomic E-state index is 5.72. The number of nitrogens with two attached hydrogens (primary N) is 1. The van der Waals surface area contributed by atoms with E-state index in [1.165, 1.54) is 5.56 Å². The molecule has 0 saturated carbocycles. The Morgan fingerprint density at radius 1 is 1.16 bits per heavy atom. The summed E-state index contributed by atoms with van der Waals surface area (Å²) < 4.78 is 6.24. The molecule has 2 aromatic carbocycles. The van der Waals surface area contributed by atoms with Gasteiger partial charge in [0, 0.05) is 4.47 Å². The van der Waals surface area contributed by atoms with Crippen molar-refractivity contribution in [3.05, 3.63) is 63.6 Å². The summed E-state index contributed by atoms with van der Waals surface area (Å²) in [7, 11) is 1.66. The van der Waals surface area contributed by atoms with Crippen LogP contribution in [0.2, 0.25) is 0 Å². The van der Waals surface area contributed by atoms with E-state index < -0.39 is 0 Å². The molecule has 0 saturated heterocycles. The number of nitrogens with one attached hydrogen (secondary N) is 1. The largest absolute Gasteiger partial charge is 0.497 e. The van der Waals surface area contributed by atoms with Gasteiger partial charge in [0.15, 0.2) is 0 Å². The Morgan fingerprint density at radius 3 is 2.37 bits per heavy atom. The third-order valence-electron chi connectivity index (χ3n) is 3.16. The van der Waals surface area contributed by atoms with E-state index in [-0.39, 0.29) is 6.04 Å². The van der Waals surface area contributed by atoms with Crippen LogP contribution in [0.1, 0.15) is 22.7 Å². The van der Waals surface area contributed by atoms with E-state index in [4.69, 9.17) is 10.6 Å². The second-order valence-corrected chi connectivity index (χ2v) is 5.29. The molecule has 0 heterocycles. The van der Waals surface area contributed by atoms with Gasteiger partial charge in [-0.3, -0.25) is 5.84 Å². The molecular formula is C15H17BrN2O. The predicted octanol–water partition coefficient (Wildman–Crippen LogP) is 3.32. The quantitative estimate of drug-likeness (QED) is 0.671. The summed E-state index contributed by atoms with van der Waals surface area (Å²) in [5.41, 5.74) is 6.33. The fraction of sp³-hybridized carbons (Fsp3) is 0.200. The van der Waals surface area contributed by atoms with Crippen LogP contribution in [-0.2, 0) is 0 Å². The van der Waals surface area contributed by atoms with Gasteiger partial charge in [0.1, 0.15) is 5.75 Å². The highest BCUT2D eigenvalue weighted by molar-refractivity contribution is 9.10. The minimum Gasteiger partial charge on any atom is -0.497 e. The molecule has 0 spiro atoms. The van der Waals surface area contributed by atoms with E-state index in [2.05, 4.69) is 40.4 Å². The zero-order valence-corrected chi connectivity index (χ0v) is 12.6. The van der Waals surface area contributed by atoms with Crippen molar-refractivity contribution in [2.45, 2.75) is 13.0 Å². The van der Waals surface area contributed by atoms with Gasteiger partial charge >= 0.3 is 0 Å². The molecule has 3 N–H and O–H groups in total. The molecular weight excluding hydrogens is 304 g/mol. The van der Waals surface area contributed by atoms with E-state index in [0.717, 1.165) is 21.3 Å². The molecule has 2 aromatic rings. The van der Waals surface area contributed by atoms with Crippen LogP contribution in [0.3, 0.4) is 0 Å². The summed E-state index contributed by atoms with van der Waals surface area (Å²) in [6.45, 7) is 2.08. The van der Waals surface area contributed by atoms with Gasteiger partial charge in [-0.1, -0.05) is 34.1 Å². The van der Waals surface area contributed by atoms with Crippen molar-refractivity contribution in [3.8, 4) is 5.75 Å². The Bertz CT molecular complexity index is 555. The first-order chi connectivity index (χ1) is 9.15. The molecule has 1 unspecified atom stereocenters. The van der Waals surface area contributed by atoms with Gasteiger partial charge < -0.3 is 4.74 Å². The zero-order chi connectivity index (χ0) is 13.8. The second-order valence-electron chi connectivity index (χ2n) is 4.37. The lowest BCUT2D eigenvalue weighted by Crippen LogP contribution is -2.29. The summed E-state index contributed by atoms with van der Waals surface area (Å²) >= 11 is 3.47. The van der Waals surface area contributed by atoms with Crippen LogP contribution in [0.25, 0.3) is 0 Å². The molecule has 4 heteroatoms. The highest BCUT2D eigenvalue weighted by atomic mass is 79.9. The molecule has 0 aliphatic heterocycles. The Hall–Kier alpha value is -1.36. The second kappa shape index (κ2) is 6.19. The van der Waals surface area contributed by atoms with Crippen molar-refractivity contribution in [2.75, 3.05) is 7.11 Å². The molecule has 0 amide bonds. The molecule has 100 valence electrons. The van der Waals surface area contributed by atoms with E-state index in [1.807, 2.05) is 30.3 Å². The summed E-state index contributed by atoms with van der Waals surface area (Å²) in [6, 6.07) is 14.1. The standard InChI is InChI=1S/C15H17BrN2O/c1-10-9-12(16)5-8-14(10)15(18-17)11-3-6-13(19-2)7-4-11/h3-9,15,18H,17H2,1-2H3. The minimum atomic E-state index is -0.0287. The summed E-state index contributed by atoms with van der Waals surface area (Å²) in [5, 5.41) is 0. The molecule has 0 bridgehead atoms. The summed E-state index contributed by atoms with van der Waals surface area (Å²) in [6.07, 6.45) is 0. The van der Waals surface area contributed by atoms with Gasteiger partial charge in [0.2, 0.25) is 0 Å². The number of benzene rings is 2. The molecule has 0 aliphatic carbocycles. The summed E-state index contributed by atoms with van der Waals surface area (Å²) in [5.74, 6) is 6.56. The van der Waals surface area contributed by atoms with E-state index >= 15 is 0 Å². The molecule has 19 heavy (non-hydrogen) atoms. The number of ether oxygens (including phenoxy) is 1. The van der Waals surface area contributed by atoms with Gasteiger partial charge in [-0.05, 0) is 47.9 Å². The third kappa shape index (κ3) is 3.15. The first-order valence-corrected chi connectivity index (χ1v) is 6.81. The van der Waals surface area contributed by atoms with Gasteiger partial charge in [-0.25, -0.2) is 5.43 Å². The van der Waals surface area contributed by atoms with Crippen molar-refractivity contribution in [2.24, 2.45) is 5.84 Å². The topological polar surface area (TPSA) is 47.3 Å². The van der Waals surface area contributed by atoms with Crippen LogP contribution < -0.4 is 16.0 Å². The van der Waals surface area contributed by atoms with Crippen LogP contribution in [0.5, 0.6) is 5.75 Å². The normalized spacial score (nSPS) is 12.2. The molecule has 0 fully saturated rings. The number of halogens is 1. The van der Waals surface area contributed by atoms with Crippen molar-refractivity contribution in [1.82, 2.24) is 5.43 Å². The van der Waals surface area contributed by atoms with Crippen LogP contribution in [0.4, 0.5) is 0 Å². The minimum absolute atomic E-state index is 0.0287. The van der Waals surface area contributed by atoms with Crippen LogP contribution >= 0.6 is 15.9 Å². The van der Waals surface area contributed by atoms with Gasteiger partial charge in [0.05, 0.1) is 13.2 Å². The highest BCUT2D eigenvalue weighted by Crippen LogP contribution is 2.27. The Morgan fingerprint density at radius 2 is 1.84 bits per heavy atom. The Kier molecular flexibility index (Phi) is 4.58. The molecule has 0 radical (unpaired) electrons. The predicted molar refractivity (Wildman–Crippen MR) is 81.0 cm³/mol. The number of hydrogen-bond donors (Lipinski definition) is 2. The number of hydrogen-bond acceptors (Lipinski definition) is 3. The van der Waals surface area contributed by atoms with Crippen molar-refractivity contribution >= 4 is 15.9 Å². The molecule has 0 aliphatic rings. The smallest absolute Gasteiger partial charge is 0.118 e. The van der Waals surface area contributed by atoms with Crippen molar-refractivity contribution < 1.29 is 4.74 Å².